The number of para-hydroxylation sites is 4. The topological polar surface area (TPSA) is 27.5 Å². The molecule has 0 N–H and O–H groups in total. The molecule has 2 aromatic heterocycles. The number of hydrogen-bond donors (Lipinski definition) is 0. The van der Waals surface area contributed by atoms with Crippen LogP contribution in [-0.2, 0) is 16.2 Å². The van der Waals surface area contributed by atoms with Crippen LogP contribution in [0.25, 0.3) is 38.8 Å². The third-order valence-corrected chi connectivity index (χ3v) is 15.8. The Balaban J connectivity index is 1.03. The number of anilines is 7. The van der Waals surface area contributed by atoms with Gasteiger partial charge in [-0.3, -0.25) is 4.57 Å². The first kappa shape index (κ1) is 47.3. The van der Waals surface area contributed by atoms with Gasteiger partial charge in [-0.05, 0) is 129 Å². The summed E-state index contributed by atoms with van der Waals surface area (Å²) in [6, 6.07) is 86.9. The van der Waals surface area contributed by atoms with Gasteiger partial charge in [0.1, 0.15) is 12.5 Å². The van der Waals surface area contributed by atoms with E-state index in [4.69, 9.17) is 4.98 Å². The average molecular weight is 974 g/mol. The number of nitrogens with zero attached hydrogens (tertiary/aromatic N) is 5. The standard InChI is InChI=1S/C70H63N5/c1-68(2,3)53-38-39-71-67(45-53)75-63-33-21-20-32-61(63)62-37-36-57(47-66(62)75)74(56-30-18-11-19-31-56)60-41-50(49-24-12-8-13-25-49)40-58(46-60)72-48-73(65-35-23-22-34-64(65)72)59-43-54(69(4,5)51-26-14-9-15-27-51)42-55(44-59)70(6,7)52-28-16-10-17-29-52/h8-47H,48H2,1-7H3. The van der Waals surface area contributed by atoms with Crippen molar-refractivity contribution in [1.82, 2.24) is 9.55 Å². The SMILES string of the molecule is CC(C)(C)c1ccnc(-n2c3ccccc3c3ccc(N(c4ccccc4)c4cc(-c5ccccc5)cc(N5CN(c6cc(C(C)(C)c7ccccc7)cc(C(C)(C)c7ccccc7)c6)c6ccccc65)c4)cc32)c1. The first-order valence-electron chi connectivity index (χ1n) is 26.3. The molecule has 0 saturated heterocycles. The van der Waals surface area contributed by atoms with Gasteiger partial charge in [-0.25, -0.2) is 4.98 Å². The second-order valence-electron chi connectivity index (χ2n) is 22.2. The molecule has 368 valence electrons. The highest BCUT2D eigenvalue weighted by Gasteiger charge is 2.34. The fourth-order valence-electron chi connectivity index (χ4n) is 11.2. The van der Waals surface area contributed by atoms with E-state index < -0.39 is 0 Å². The van der Waals surface area contributed by atoms with Gasteiger partial charge in [0, 0.05) is 56.2 Å². The molecular weight excluding hydrogens is 911 g/mol. The van der Waals surface area contributed by atoms with Crippen LogP contribution in [0.4, 0.5) is 39.8 Å². The van der Waals surface area contributed by atoms with Crippen molar-refractivity contribution >= 4 is 61.6 Å². The van der Waals surface area contributed by atoms with Crippen molar-refractivity contribution < 1.29 is 0 Å². The Kier molecular flexibility index (Phi) is 11.8. The van der Waals surface area contributed by atoms with Crippen molar-refractivity contribution in [3.05, 3.63) is 271 Å². The summed E-state index contributed by atoms with van der Waals surface area (Å²) in [5, 5.41) is 2.38. The summed E-state index contributed by atoms with van der Waals surface area (Å²) in [4.78, 5) is 12.5. The molecule has 1 aliphatic heterocycles. The third kappa shape index (κ3) is 8.62. The molecule has 0 bridgehead atoms. The summed E-state index contributed by atoms with van der Waals surface area (Å²) in [7, 11) is 0. The van der Waals surface area contributed by atoms with E-state index in [-0.39, 0.29) is 16.2 Å². The molecule has 0 unspecified atom stereocenters. The highest BCUT2D eigenvalue weighted by Crippen LogP contribution is 2.50. The molecule has 0 spiro atoms. The van der Waals surface area contributed by atoms with E-state index >= 15 is 0 Å². The lowest BCUT2D eigenvalue weighted by Gasteiger charge is -2.33. The van der Waals surface area contributed by atoms with E-state index in [0.29, 0.717) is 6.67 Å². The molecule has 0 atom stereocenters. The Bertz CT molecular complexity index is 3780. The number of benzene rings is 9. The quantitative estimate of drug-likeness (QED) is 0.129. The van der Waals surface area contributed by atoms with Gasteiger partial charge in [-0.1, -0.05) is 200 Å². The molecule has 11 aromatic rings. The molecule has 0 fully saturated rings. The van der Waals surface area contributed by atoms with Crippen molar-refractivity contribution in [2.24, 2.45) is 0 Å². The van der Waals surface area contributed by atoms with E-state index in [1.165, 1.54) is 50.0 Å². The van der Waals surface area contributed by atoms with Gasteiger partial charge in [-0.2, -0.15) is 0 Å². The van der Waals surface area contributed by atoms with Gasteiger partial charge in [0.25, 0.3) is 0 Å². The summed E-state index contributed by atoms with van der Waals surface area (Å²) in [5.74, 6) is 0.910. The zero-order valence-electron chi connectivity index (χ0n) is 44.0. The lowest BCUT2D eigenvalue weighted by Crippen LogP contribution is -2.27. The van der Waals surface area contributed by atoms with E-state index in [1.54, 1.807) is 0 Å². The molecule has 75 heavy (non-hydrogen) atoms. The van der Waals surface area contributed by atoms with Crippen LogP contribution in [0.5, 0.6) is 0 Å². The normalized spacial score (nSPS) is 12.9. The second-order valence-corrected chi connectivity index (χ2v) is 22.2. The number of rotatable bonds is 11. The first-order valence-corrected chi connectivity index (χ1v) is 26.3. The third-order valence-electron chi connectivity index (χ3n) is 15.8. The van der Waals surface area contributed by atoms with E-state index in [1.807, 2.05) is 6.20 Å². The monoisotopic (exact) mass is 974 g/mol. The Hall–Kier alpha value is -8.67. The smallest absolute Gasteiger partial charge is 0.137 e. The van der Waals surface area contributed by atoms with Gasteiger partial charge in [0.15, 0.2) is 0 Å². The molecule has 0 amide bonds. The van der Waals surface area contributed by atoms with Gasteiger partial charge in [0.2, 0.25) is 0 Å². The molecule has 5 nitrogen and oxygen atoms in total. The summed E-state index contributed by atoms with van der Waals surface area (Å²) < 4.78 is 2.34. The number of pyridine rings is 1. The van der Waals surface area contributed by atoms with Crippen molar-refractivity contribution in [3.8, 4) is 16.9 Å². The maximum absolute atomic E-state index is 5.03. The highest BCUT2D eigenvalue weighted by atomic mass is 15.4. The number of aromatic nitrogens is 2. The minimum Gasteiger partial charge on any atom is -0.321 e. The van der Waals surface area contributed by atoms with Crippen LogP contribution in [0.3, 0.4) is 0 Å². The number of fused-ring (bicyclic) bond motifs is 4. The molecule has 0 radical (unpaired) electrons. The molecule has 3 heterocycles. The van der Waals surface area contributed by atoms with Gasteiger partial charge >= 0.3 is 0 Å². The molecule has 5 heteroatoms. The van der Waals surface area contributed by atoms with Crippen LogP contribution in [0, 0.1) is 0 Å². The van der Waals surface area contributed by atoms with E-state index in [2.05, 4.69) is 304 Å². The maximum atomic E-state index is 5.03. The largest absolute Gasteiger partial charge is 0.321 e. The lowest BCUT2D eigenvalue weighted by atomic mass is 9.73. The summed E-state index contributed by atoms with van der Waals surface area (Å²) >= 11 is 0. The van der Waals surface area contributed by atoms with Crippen LogP contribution >= 0.6 is 0 Å². The molecule has 12 rings (SSSR count). The van der Waals surface area contributed by atoms with Crippen LogP contribution in [0.15, 0.2) is 243 Å². The van der Waals surface area contributed by atoms with Gasteiger partial charge in [-0.15, -0.1) is 0 Å². The summed E-state index contributed by atoms with van der Waals surface area (Å²) in [6.07, 6.45) is 1.96. The Morgan fingerprint density at radius 3 is 1.52 bits per heavy atom. The van der Waals surface area contributed by atoms with E-state index in [9.17, 15) is 0 Å². The van der Waals surface area contributed by atoms with Crippen LogP contribution < -0.4 is 14.7 Å². The average Bonchev–Trinajstić information content (AvgIpc) is 4.01. The second kappa shape index (κ2) is 18.7. The van der Waals surface area contributed by atoms with Crippen molar-refractivity contribution in [2.45, 2.75) is 64.7 Å². The van der Waals surface area contributed by atoms with Gasteiger partial charge in [0.05, 0.1) is 22.4 Å². The molecule has 0 saturated carbocycles. The maximum Gasteiger partial charge on any atom is 0.137 e. The minimum absolute atomic E-state index is 0.0361. The predicted octanol–water partition coefficient (Wildman–Crippen LogP) is 18.5. The minimum atomic E-state index is -0.262. The van der Waals surface area contributed by atoms with Crippen molar-refractivity contribution in [3.63, 3.8) is 0 Å². The Labute approximate surface area is 442 Å². The first-order chi connectivity index (χ1) is 36.3. The number of hydrogen-bond acceptors (Lipinski definition) is 4. The fraction of sp³-hybridized carbons (Fsp3) is 0.157. The van der Waals surface area contributed by atoms with E-state index in [0.717, 1.165) is 56.4 Å². The van der Waals surface area contributed by atoms with Crippen LogP contribution in [0.2, 0.25) is 0 Å². The highest BCUT2D eigenvalue weighted by molar-refractivity contribution is 6.10. The zero-order valence-corrected chi connectivity index (χ0v) is 44.0. The lowest BCUT2D eigenvalue weighted by molar-refractivity contribution is 0.588. The zero-order chi connectivity index (χ0) is 51.5. The fourth-order valence-corrected chi connectivity index (χ4v) is 11.2. The molecule has 9 aromatic carbocycles. The van der Waals surface area contributed by atoms with Crippen molar-refractivity contribution in [2.75, 3.05) is 21.4 Å². The Morgan fingerprint density at radius 1 is 0.373 bits per heavy atom. The van der Waals surface area contributed by atoms with Crippen molar-refractivity contribution in [1.29, 1.82) is 0 Å². The summed E-state index contributed by atoms with van der Waals surface area (Å²) in [5.41, 5.74) is 18.1. The van der Waals surface area contributed by atoms with Crippen LogP contribution in [-0.4, -0.2) is 16.2 Å². The molecule has 1 aliphatic rings. The molecular formula is C70H63N5. The Morgan fingerprint density at radius 2 is 0.907 bits per heavy atom. The van der Waals surface area contributed by atoms with Gasteiger partial charge < -0.3 is 14.7 Å². The summed E-state index contributed by atoms with van der Waals surface area (Å²) in [6.45, 7) is 16.8. The molecule has 0 aliphatic carbocycles. The predicted molar refractivity (Wildman–Crippen MR) is 317 cm³/mol. The van der Waals surface area contributed by atoms with Crippen LogP contribution in [0.1, 0.15) is 76.3 Å².